The van der Waals surface area contributed by atoms with Gasteiger partial charge in [-0.1, -0.05) is 24.3 Å². The van der Waals surface area contributed by atoms with Crippen molar-refractivity contribution in [2.75, 3.05) is 0 Å². The smallest absolute Gasteiger partial charge is 0.123 e. The Morgan fingerprint density at radius 3 is 2.22 bits per heavy atom. The van der Waals surface area contributed by atoms with E-state index in [0.29, 0.717) is 11.1 Å². The fraction of sp³-hybridized carbons (Fsp3) is 0.200. The SMILES string of the molecule is CC(O)(Cc1cccc(F)c1)c1cccc(F)c1. The van der Waals surface area contributed by atoms with E-state index in [4.69, 9.17) is 0 Å². The predicted molar refractivity (Wildman–Crippen MR) is 66.1 cm³/mol. The molecule has 2 aromatic rings. The molecule has 0 aliphatic carbocycles. The number of benzene rings is 2. The van der Waals surface area contributed by atoms with E-state index in [2.05, 4.69) is 0 Å². The zero-order chi connectivity index (χ0) is 13.2. The first-order valence-electron chi connectivity index (χ1n) is 5.70. The molecule has 3 heteroatoms. The lowest BCUT2D eigenvalue weighted by molar-refractivity contribution is 0.0572. The van der Waals surface area contributed by atoms with Crippen molar-refractivity contribution in [1.29, 1.82) is 0 Å². The molecule has 0 saturated heterocycles. The van der Waals surface area contributed by atoms with E-state index in [1.54, 1.807) is 31.2 Å². The van der Waals surface area contributed by atoms with E-state index in [1.165, 1.54) is 24.3 Å². The minimum atomic E-state index is -1.23. The molecule has 94 valence electrons. The van der Waals surface area contributed by atoms with Gasteiger partial charge in [0.15, 0.2) is 0 Å². The maximum absolute atomic E-state index is 13.1. The summed E-state index contributed by atoms with van der Waals surface area (Å²) in [5.41, 5.74) is -0.0772. The molecule has 1 N–H and O–H groups in total. The quantitative estimate of drug-likeness (QED) is 0.882. The van der Waals surface area contributed by atoms with Crippen LogP contribution >= 0.6 is 0 Å². The van der Waals surface area contributed by atoms with Crippen LogP contribution in [0.2, 0.25) is 0 Å². The first kappa shape index (κ1) is 12.7. The zero-order valence-corrected chi connectivity index (χ0v) is 10.0. The zero-order valence-electron chi connectivity index (χ0n) is 10.0. The highest BCUT2D eigenvalue weighted by molar-refractivity contribution is 5.27. The predicted octanol–water partition coefficient (Wildman–Crippen LogP) is 3.42. The third kappa shape index (κ3) is 2.93. The van der Waals surface area contributed by atoms with Crippen molar-refractivity contribution in [1.82, 2.24) is 0 Å². The molecule has 18 heavy (non-hydrogen) atoms. The Hall–Kier alpha value is -1.74. The van der Waals surface area contributed by atoms with Gasteiger partial charge in [-0.25, -0.2) is 8.78 Å². The summed E-state index contributed by atoms with van der Waals surface area (Å²) in [4.78, 5) is 0. The second-order valence-electron chi connectivity index (χ2n) is 4.59. The van der Waals surface area contributed by atoms with Crippen LogP contribution in [0.15, 0.2) is 48.5 Å². The lowest BCUT2D eigenvalue weighted by Crippen LogP contribution is -2.24. The molecule has 0 aromatic heterocycles. The highest BCUT2D eigenvalue weighted by atomic mass is 19.1. The summed E-state index contributed by atoms with van der Waals surface area (Å²) in [5, 5.41) is 10.4. The van der Waals surface area contributed by atoms with Gasteiger partial charge in [0.2, 0.25) is 0 Å². The second-order valence-corrected chi connectivity index (χ2v) is 4.59. The monoisotopic (exact) mass is 248 g/mol. The third-order valence-corrected chi connectivity index (χ3v) is 2.88. The van der Waals surface area contributed by atoms with Crippen LogP contribution in [-0.4, -0.2) is 5.11 Å². The van der Waals surface area contributed by atoms with E-state index in [0.717, 1.165) is 0 Å². The maximum atomic E-state index is 13.1. The van der Waals surface area contributed by atoms with Crippen molar-refractivity contribution < 1.29 is 13.9 Å². The molecule has 1 unspecified atom stereocenters. The average molecular weight is 248 g/mol. The van der Waals surface area contributed by atoms with Crippen LogP contribution in [0.5, 0.6) is 0 Å². The largest absolute Gasteiger partial charge is 0.385 e. The van der Waals surface area contributed by atoms with Crippen molar-refractivity contribution in [3.05, 3.63) is 71.3 Å². The summed E-state index contributed by atoms with van der Waals surface area (Å²) in [5.74, 6) is -0.741. The lowest BCUT2D eigenvalue weighted by Gasteiger charge is -2.24. The summed E-state index contributed by atoms with van der Waals surface area (Å²) < 4.78 is 26.2. The molecule has 0 heterocycles. The first-order valence-corrected chi connectivity index (χ1v) is 5.70. The number of hydrogen-bond donors (Lipinski definition) is 1. The number of hydrogen-bond acceptors (Lipinski definition) is 1. The molecule has 0 saturated carbocycles. The van der Waals surface area contributed by atoms with Crippen LogP contribution in [0.1, 0.15) is 18.1 Å². The van der Waals surface area contributed by atoms with Crippen LogP contribution < -0.4 is 0 Å². The minimum absolute atomic E-state index is 0.230. The van der Waals surface area contributed by atoms with Gasteiger partial charge in [-0.2, -0.15) is 0 Å². The Bertz CT molecular complexity index is 550. The molecule has 0 fully saturated rings. The van der Waals surface area contributed by atoms with E-state index >= 15 is 0 Å². The van der Waals surface area contributed by atoms with Gasteiger partial charge in [-0.05, 0) is 42.3 Å². The number of rotatable bonds is 3. The van der Waals surface area contributed by atoms with Gasteiger partial charge in [-0.3, -0.25) is 0 Å². The summed E-state index contributed by atoms with van der Waals surface area (Å²) in [6.07, 6.45) is 0.230. The highest BCUT2D eigenvalue weighted by Crippen LogP contribution is 2.26. The van der Waals surface area contributed by atoms with Gasteiger partial charge in [0.05, 0.1) is 5.60 Å². The Morgan fingerprint density at radius 1 is 1.00 bits per heavy atom. The highest BCUT2D eigenvalue weighted by Gasteiger charge is 2.24. The van der Waals surface area contributed by atoms with Gasteiger partial charge >= 0.3 is 0 Å². The van der Waals surface area contributed by atoms with Crippen LogP contribution in [0.3, 0.4) is 0 Å². The van der Waals surface area contributed by atoms with E-state index in [-0.39, 0.29) is 12.2 Å². The van der Waals surface area contributed by atoms with E-state index in [9.17, 15) is 13.9 Å². The fourth-order valence-corrected chi connectivity index (χ4v) is 1.97. The van der Waals surface area contributed by atoms with E-state index < -0.39 is 11.4 Å². The molecule has 0 radical (unpaired) electrons. The summed E-state index contributed by atoms with van der Waals surface area (Å²) in [6, 6.07) is 11.9. The molecule has 2 rings (SSSR count). The molecule has 2 aromatic carbocycles. The van der Waals surface area contributed by atoms with Crippen LogP contribution in [0, 0.1) is 11.6 Å². The molecule has 1 atom stereocenters. The van der Waals surface area contributed by atoms with Crippen molar-refractivity contribution in [3.63, 3.8) is 0 Å². The van der Waals surface area contributed by atoms with Crippen molar-refractivity contribution in [2.45, 2.75) is 18.9 Å². The molecular formula is C15H14F2O. The molecule has 0 aliphatic heterocycles. The van der Waals surface area contributed by atoms with Crippen molar-refractivity contribution in [2.24, 2.45) is 0 Å². The third-order valence-electron chi connectivity index (χ3n) is 2.88. The van der Waals surface area contributed by atoms with Crippen LogP contribution in [0.25, 0.3) is 0 Å². The first-order chi connectivity index (χ1) is 8.47. The standard InChI is InChI=1S/C15H14F2O/c1-15(18,12-5-3-7-14(17)9-12)10-11-4-2-6-13(16)8-11/h2-9,18H,10H2,1H3. The topological polar surface area (TPSA) is 20.2 Å². The molecule has 0 spiro atoms. The second kappa shape index (κ2) is 4.86. The van der Waals surface area contributed by atoms with E-state index in [1.807, 2.05) is 0 Å². The van der Waals surface area contributed by atoms with Gasteiger partial charge < -0.3 is 5.11 Å². The van der Waals surface area contributed by atoms with Gasteiger partial charge in [0, 0.05) is 6.42 Å². The molecular weight excluding hydrogens is 234 g/mol. The molecule has 0 bridgehead atoms. The van der Waals surface area contributed by atoms with Crippen LogP contribution in [0.4, 0.5) is 8.78 Å². The van der Waals surface area contributed by atoms with Crippen molar-refractivity contribution in [3.8, 4) is 0 Å². The van der Waals surface area contributed by atoms with Gasteiger partial charge in [0.25, 0.3) is 0 Å². The summed E-state index contributed by atoms with van der Waals surface area (Å²) in [7, 11) is 0. The maximum Gasteiger partial charge on any atom is 0.123 e. The Morgan fingerprint density at radius 2 is 1.61 bits per heavy atom. The summed E-state index contributed by atoms with van der Waals surface area (Å²) in [6.45, 7) is 1.59. The number of aliphatic hydroxyl groups is 1. The van der Waals surface area contributed by atoms with Gasteiger partial charge in [-0.15, -0.1) is 0 Å². The van der Waals surface area contributed by atoms with Gasteiger partial charge in [0.1, 0.15) is 11.6 Å². The Kier molecular flexibility index (Phi) is 3.43. The molecule has 0 aliphatic rings. The lowest BCUT2D eigenvalue weighted by atomic mass is 9.89. The minimum Gasteiger partial charge on any atom is -0.385 e. The number of halogens is 2. The fourth-order valence-electron chi connectivity index (χ4n) is 1.97. The molecule has 0 amide bonds. The average Bonchev–Trinajstić information content (AvgIpc) is 2.28. The summed E-state index contributed by atoms with van der Waals surface area (Å²) >= 11 is 0. The normalized spacial score (nSPS) is 14.2. The van der Waals surface area contributed by atoms with Crippen molar-refractivity contribution >= 4 is 0 Å². The Labute approximate surface area is 105 Å². The molecule has 1 nitrogen and oxygen atoms in total. The Balaban J connectivity index is 2.26. The van der Waals surface area contributed by atoms with Crippen LogP contribution in [-0.2, 0) is 12.0 Å².